The number of hydrogen-bond acceptors (Lipinski definition) is 3. The van der Waals surface area contributed by atoms with Crippen molar-refractivity contribution in [2.75, 3.05) is 26.8 Å². The molecule has 0 aliphatic heterocycles. The summed E-state index contributed by atoms with van der Waals surface area (Å²) in [6, 6.07) is 2.71. The van der Waals surface area contributed by atoms with Gasteiger partial charge in [0.05, 0.1) is 12.5 Å². The molecule has 0 heterocycles. The molecule has 0 fully saturated rings. The average Bonchev–Trinajstić information content (AvgIpc) is 2.41. The van der Waals surface area contributed by atoms with Crippen LogP contribution in [0.5, 0.6) is 0 Å². The van der Waals surface area contributed by atoms with E-state index < -0.39 is 15.8 Å². The normalized spacial score (nSPS) is 12.1. The molecule has 0 bridgehead atoms. The van der Waals surface area contributed by atoms with Crippen LogP contribution in [0.15, 0.2) is 21.5 Å². The molecule has 0 aromatic heterocycles. The molecule has 0 aliphatic rings. The van der Waals surface area contributed by atoms with Crippen LogP contribution in [-0.4, -0.2) is 39.5 Å². The minimum absolute atomic E-state index is 0.0992. The minimum atomic E-state index is -3.92. The van der Waals surface area contributed by atoms with Crippen LogP contribution in [-0.2, 0) is 20.6 Å². The highest BCUT2D eigenvalue weighted by Gasteiger charge is 2.27. The number of halogens is 3. The highest BCUT2D eigenvalue weighted by atomic mass is 79.9. The lowest BCUT2D eigenvalue weighted by molar-refractivity contribution is 0.180. The number of hydrogen-bond donors (Lipinski definition) is 0. The van der Waals surface area contributed by atoms with Gasteiger partial charge in [-0.1, -0.05) is 22.9 Å². The SMILES string of the molecule is CCN(CCOC)S(=O)(=O)c1cc(Br)cc(CCl)c1F. The van der Waals surface area contributed by atoms with E-state index in [2.05, 4.69) is 15.9 Å². The maximum atomic E-state index is 14.2. The molecule has 0 amide bonds. The Morgan fingerprint density at radius 3 is 2.60 bits per heavy atom. The summed E-state index contributed by atoms with van der Waals surface area (Å²) in [5, 5.41) is 0. The summed E-state index contributed by atoms with van der Waals surface area (Å²) in [6.45, 7) is 2.32. The van der Waals surface area contributed by atoms with Gasteiger partial charge in [-0.2, -0.15) is 4.31 Å². The predicted molar refractivity (Wildman–Crippen MR) is 80.0 cm³/mol. The molecule has 0 spiro atoms. The fourth-order valence-corrected chi connectivity index (χ4v) is 4.10. The van der Waals surface area contributed by atoms with Gasteiger partial charge in [0.15, 0.2) is 0 Å². The third kappa shape index (κ3) is 3.92. The Kier molecular flexibility index (Phi) is 6.87. The van der Waals surface area contributed by atoms with Gasteiger partial charge in [0.25, 0.3) is 0 Å². The number of ether oxygens (including phenoxy) is 1. The molecule has 4 nitrogen and oxygen atoms in total. The third-order valence-electron chi connectivity index (χ3n) is 2.74. The molecule has 114 valence electrons. The van der Waals surface area contributed by atoms with Gasteiger partial charge in [-0.25, -0.2) is 12.8 Å². The fraction of sp³-hybridized carbons (Fsp3) is 0.500. The zero-order valence-corrected chi connectivity index (χ0v) is 14.4. The molecule has 1 aromatic carbocycles. The maximum absolute atomic E-state index is 14.2. The van der Waals surface area contributed by atoms with Crippen LogP contribution in [0.2, 0.25) is 0 Å². The van der Waals surface area contributed by atoms with E-state index in [9.17, 15) is 12.8 Å². The second-order valence-corrected chi connectivity index (χ2v) is 7.09. The first kappa shape index (κ1) is 17.8. The molecular weight excluding hydrogens is 373 g/mol. The third-order valence-corrected chi connectivity index (χ3v) is 5.46. The summed E-state index contributed by atoms with van der Waals surface area (Å²) < 4.78 is 45.7. The summed E-state index contributed by atoms with van der Waals surface area (Å²) >= 11 is 8.81. The Morgan fingerprint density at radius 2 is 2.10 bits per heavy atom. The van der Waals surface area contributed by atoms with Crippen molar-refractivity contribution in [3.05, 3.63) is 28.0 Å². The van der Waals surface area contributed by atoms with E-state index in [-0.39, 0.29) is 36.0 Å². The lowest BCUT2D eigenvalue weighted by atomic mass is 10.2. The van der Waals surface area contributed by atoms with Gasteiger partial charge in [-0.3, -0.25) is 0 Å². The molecule has 0 unspecified atom stereocenters. The zero-order valence-electron chi connectivity index (χ0n) is 11.2. The number of methoxy groups -OCH3 is 1. The number of likely N-dealkylation sites (N-methyl/N-ethyl adjacent to an activating group) is 1. The molecule has 0 radical (unpaired) electrons. The Hall–Kier alpha value is -0.210. The first-order valence-electron chi connectivity index (χ1n) is 5.91. The van der Waals surface area contributed by atoms with Crippen molar-refractivity contribution in [2.45, 2.75) is 17.7 Å². The van der Waals surface area contributed by atoms with E-state index in [1.54, 1.807) is 6.92 Å². The predicted octanol–water partition coefficient (Wildman–Crippen LogP) is 2.98. The van der Waals surface area contributed by atoms with E-state index in [4.69, 9.17) is 16.3 Å². The number of nitrogens with zero attached hydrogens (tertiary/aromatic N) is 1. The maximum Gasteiger partial charge on any atom is 0.246 e. The number of sulfonamides is 1. The van der Waals surface area contributed by atoms with Gasteiger partial charge in [-0.15, -0.1) is 11.6 Å². The van der Waals surface area contributed by atoms with Crippen LogP contribution in [0.4, 0.5) is 4.39 Å². The second-order valence-electron chi connectivity index (χ2n) is 4.00. The van der Waals surface area contributed by atoms with Crippen molar-refractivity contribution in [1.29, 1.82) is 0 Å². The standard InChI is InChI=1S/C12H16BrClFNO3S/c1-3-16(4-5-19-2)20(17,18)11-7-10(13)6-9(8-14)12(11)15/h6-7H,3-5,8H2,1-2H3. The monoisotopic (exact) mass is 387 g/mol. The van der Waals surface area contributed by atoms with Crippen LogP contribution < -0.4 is 0 Å². The van der Waals surface area contributed by atoms with Crippen molar-refractivity contribution in [1.82, 2.24) is 4.31 Å². The van der Waals surface area contributed by atoms with Crippen molar-refractivity contribution >= 4 is 37.6 Å². The smallest absolute Gasteiger partial charge is 0.246 e. The van der Waals surface area contributed by atoms with E-state index in [0.717, 1.165) is 0 Å². The Morgan fingerprint density at radius 1 is 1.45 bits per heavy atom. The Balaban J connectivity index is 3.30. The van der Waals surface area contributed by atoms with Gasteiger partial charge in [-0.05, 0) is 12.1 Å². The molecule has 1 rings (SSSR count). The summed E-state index contributed by atoms with van der Waals surface area (Å²) in [5.41, 5.74) is 0.141. The quantitative estimate of drug-likeness (QED) is 0.675. The highest BCUT2D eigenvalue weighted by molar-refractivity contribution is 9.10. The molecule has 0 saturated carbocycles. The summed E-state index contributed by atoms with van der Waals surface area (Å²) in [4.78, 5) is -0.375. The van der Waals surface area contributed by atoms with Crippen molar-refractivity contribution in [3.63, 3.8) is 0 Å². The number of benzene rings is 1. The first-order valence-corrected chi connectivity index (χ1v) is 8.68. The Bertz CT molecular complexity index is 568. The van der Waals surface area contributed by atoms with Crippen LogP contribution >= 0.6 is 27.5 Å². The van der Waals surface area contributed by atoms with E-state index >= 15 is 0 Å². The molecular formula is C12H16BrClFNO3S. The van der Waals surface area contributed by atoms with E-state index in [1.165, 1.54) is 23.5 Å². The van der Waals surface area contributed by atoms with Gasteiger partial charge in [0.2, 0.25) is 10.0 Å². The number of rotatable bonds is 7. The van der Waals surface area contributed by atoms with Gasteiger partial charge in [0, 0.05) is 30.2 Å². The van der Waals surface area contributed by atoms with Crippen molar-refractivity contribution < 1.29 is 17.5 Å². The van der Waals surface area contributed by atoms with Gasteiger partial charge >= 0.3 is 0 Å². The van der Waals surface area contributed by atoms with Gasteiger partial charge < -0.3 is 4.74 Å². The first-order chi connectivity index (χ1) is 9.38. The summed E-state index contributed by atoms with van der Waals surface area (Å²) in [7, 11) is -2.44. The summed E-state index contributed by atoms with van der Waals surface area (Å²) in [5.74, 6) is -0.906. The van der Waals surface area contributed by atoms with Gasteiger partial charge in [0.1, 0.15) is 10.7 Å². The largest absolute Gasteiger partial charge is 0.383 e. The molecule has 0 saturated heterocycles. The highest BCUT2D eigenvalue weighted by Crippen LogP contribution is 2.27. The van der Waals surface area contributed by atoms with Crippen LogP contribution in [0.25, 0.3) is 0 Å². The van der Waals surface area contributed by atoms with Crippen molar-refractivity contribution in [2.24, 2.45) is 0 Å². The molecule has 1 aromatic rings. The fourth-order valence-electron chi connectivity index (χ4n) is 1.68. The lowest BCUT2D eigenvalue weighted by Gasteiger charge is -2.21. The van der Waals surface area contributed by atoms with Crippen LogP contribution in [0, 0.1) is 5.82 Å². The molecule has 20 heavy (non-hydrogen) atoms. The van der Waals surface area contributed by atoms with Crippen LogP contribution in [0.1, 0.15) is 12.5 Å². The molecule has 0 atom stereocenters. The Labute approximate surface area is 132 Å². The van der Waals surface area contributed by atoms with E-state index in [1.807, 2.05) is 0 Å². The number of alkyl halides is 1. The molecule has 8 heteroatoms. The zero-order chi connectivity index (χ0) is 15.3. The topological polar surface area (TPSA) is 46.6 Å². The minimum Gasteiger partial charge on any atom is -0.383 e. The lowest BCUT2D eigenvalue weighted by Crippen LogP contribution is -2.34. The summed E-state index contributed by atoms with van der Waals surface area (Å²) in [6.07, 6.45) is 0. The molecule has 0 N–H and O–H groups in total. The second kappa shape index (κ2) is 7.70. The van der Waals surface area contributed by atoms with Crippen LogP contribution in [0.3, 0.4) is 0 Å². The molecule has 0 aliphatic carbocycles. The average molecular weight is 389 g/mol. The van der Waals surface area contributed by atoms with E-state index in [0.29, 0.717) is 4.47 Å². The van der Waals surface area contributed by atoms with Crippen molar-refractivity contribution in [3.8, 4) is 0 Å².